The molecule has 1 amide bonds. The van der Waals surface area contributed by atoms with E-state index in [1.807, 2.05) is 12.1 Å². The normalized spacial score (nSPS) is 11.4. The van der Waals surface area contributed by atoms with E-state index in [1.165, 1.54) is 7.11 Å². The molecule has 1 aromatic carbocycles. The Bertz CT molecular complexity index is 642. The Morgan fingerprint density at radius 3 is 2.44 bits per heavy atom. The molecule has 0 saturated carbocycles. The van der Waals surface area contributed by atoms with Crippen LogP contribution in [0.1, 0.15) is 5.56 Å². The third-order valence-electron chi connectivity index (χ3n) is 3.39. The van der Waals surface area contributed by atoms with E-state index in [2.05, 4.69) is 10.3 Å². The largest absolute Gasteiger partial charge is 0.493 e. The van der Waals surface area contributed by atoms with Gasteiger partial charge in [0.2, 0.25) is 5.91 Å². The first-order valence-electron chi connectivity index (χ1n) is 7.71. The number of nitrogens with zero attached hydrogens (tertiary/aromatic N) is 2. The van der Waals surface area contributed by atoms with E-state index in [0.717, 1.165) is 12.6 Å². The first kappa shape index (κ1) is 25.1. The van der Waals surface area contributed by atoms with Gasteiger partial charge in [0.25, 0.3) is 0 Å². The van der Waals surface area contributed by atoms with Gasteiger partial charge < -0.3 is 25.4 Å². The van der Waals surface area contributed by atoms with Crippen molar-refractivity contribution in [2.75, 3.05) is 40.9 Å². The van der Waals surface area contributed by atoms with Gasteiger partial charge in [-0.3, -0.25) is 4.79 Å². The van der Waals surface area contributed by atoms with Gasteiger partial charge in [0.15, 0.2) is 17.5 Å². The Kier molecular flexibility index (Phi) is 10.9. The van der Waals surface area contributed by atoms with Crippen LogP contribution in [-0.4, -0.2) is 63.8 Å². The van der Waals surface area contributed by atoms with Gasteiger partial charge in [-0.05, 0) is 24.1 Å². The highest BCUT2D eigenvalue weighted by molar-refractivity contribution is 14.0. The minimum atomic E-state index is -4.45. The van der Waals surface area contributed by atoms with Gasteiger partial charge >= 0.3 is 6.18 Å². The summed E-state index contributed by atoms with van der Waals surface area (Å²) < 4.78 is 47.0. The average molecular weight is 504 g/mol. The van der Waals surface area contributed by atoms with Gasteiger partial charge in [-0.15, -0.1) is 24.0 Å². The standard InChI is InChI=1S/C16H23F3N4O3.HI/c1-23(10-16(17,18)19)14(24)9-22-15(20)21-7-6-11-4-5-12(25-2)13(8-11)26-3;/h4-5,8H,6-7,9-10H2,1-3H3,(H3,20,21,22);1H. The molecule has 1 aromatic rings. The molecule has 11 heteroatoms. The minimum absolute atomic E-state index is 0. The zero-order valence-electron chi connectivity index (χ0n) is 15.3. The molecule has 27 heavy (non-hydrogen) atoms. The molecule has 0 spiro atoms. The maximum absolute atomic E-state index is 12.2. The van der Waals surface area contributed by atoms with Crippen molar-refractivity contribution < 1.29 is 27.4 Å². The second-order valence-electron chi connectivity index (χ2n) is 5.43. The summed E-state index contributed by atoms with van der Waals surface area (Å²) in [5.74, 6) is 0.433. The van der Waals surface area contributed by atoms with Crippen molar-refractivity contribution >= 4 is 35.8 Å². The van der Waals surface area contributed by atoms with Crippen LogP contribution in [0.4, 0.5) is 13.2 Å². The number of likely N-dealkylation sites (N-methyl/N-ethyl adjacent to an activating group) is 1. The van der Waals surface area contributed by atoms with Crippen molar-refractivity contribution in [3.8, 4) is 11.5 Å². The number of benzene rings is 1. The fourth-order valence-corrected chi connectivity index (χ4v) is 2.06. The molecule has 0 atom stereocenters. The number of guanidine groups is 1. The maximum atomic E-state index is 12.2. The lowest BCUT2D eigenvalue weighted by molar-refractivity contribution is -0.157. The van der Waals surface area contributed by atoms with Crippen LogP contribution in [0.5, 0.6) is 11.5 Å². The summed E-state index contributed by atoms with van der Waals surface area (Å²) in [6.07, 6.45) is -3.85. The van der Waals surface area contributed by atoms with Crippen LogP contribution >= 0.6 is 24.0 Å². The zero-order chi connectivity index (χ0) is 19.7. The number of carbonyl (C=O) groups is 1. The molecule has 1 rings (SSSR count). The third-order valence-corrected chi connectivity index (χ3v) is 3.39. The monoisotopic (exact) mass is 504 g/mol. The lowest BCUT2D eigenvalue weighted by Gasteiger charge is -2.18. The van der Waals surface area contributed by atoms with E-state index in [4.69, 9.17) is 15.2 Å². The van der Waals surface area contributed by atoms with E-state index in [0.29, 0.717) is 29.4 Å². The number of ether oxygens (including phenoxy) is 2. The van der Waals surface area contributed by atoms with Gasteiger partial charge in [-0.2, -0.15) is 13.2 Å². The Labute approximate surface area is 173 Å². The summed E-state index contributed by atoms with van der Waals surface area (Å²) in [4.78, 5) is 15.9. The highest BCUT2D eigenvalue weighted by atomic mass is 127. The zero-order valence-corrected chi connectivity index (χ0v) is 17.6. The van der Waals surface area contributed by atoms with Crippen LogP contribution < -0.4 is 20.5 Å². The highest BCUT2D eigenvalue weighted by Gasteiger charge is 2.30. The lowest BCUT2D eigenvalue weighted by atomic mass is 10.1. The van der Waals surface area contributed by atoms with E-state index < -0.39 is 25.2 Å². The minimum Gasteiger partial charge on any atom is -0.493 e. The third kappa shape index (κ3) is 9.54. The number of alkyl halides is 3. The molecule has 0 radical (unpaired) electrons. The molecule has 0 aliphatic rings. The van der Waals surface area contributed by atoms with Crippen LogP contribution in [0.3, 0.4) is 0 Å². The first-order valence-corrected chi connectivity index (χ1v) is 7.71. The Hall–Kier alpha value is -1.92. The summed E-state index contributed by atoms with van der Waals surface area (Å²) in [6, 6.07) is 5.47. The molecule has 0 fully saturated rings. The number of nitrogens with one attached hydrogen (secondary N) is 1. The molecule has 0 unspecified atom stereocenters. The van der Waals surface area contributed by atoms with Crippen molar-refractivity contribution in [2.24, 2.45) is 10.7 Å². The quantitative estimate of drug-likeness (QED) is 0.320. The van der Waals surface area contributed by atoms with Crippen LogP contribution in [0.25, 0.3) is 0 Å². The average Bonchev–Trinajstić information content (AvgIpc) is 2.57. The number of nitrogens with two attached hydrogens (primary N) is 1. The van der Waals surface area contributed by atoms with Gasteiger partial charge in [0.05, 0.1) is 14.2 Å². The molecule has 0 bridgehead atoms. The van der Waals surface area contributed by atoms with E-state index in [-0.39, 0.29) is 29.9 Å². The fourth-order valence-electron chi connectivity index (χ4n) is 2.06. The molecule has 0 heterocycles. The first-order chi connectivity index (χ1) is 12.2. The molecule has 0 saturated heterocycles. The number of amides is 1. The van der Waals surface area contributed by atoms with E-state index in [1.54, 1.807) is 13.2 Å². The number of hydrogen-bond donors (Lipinski definition) is 2. The Morgan fingerprint density at radius 1 is 1.26 bits per heavy atom. The smallest absolute Gasteiger partial charge is 0.406 e. The van der Waals surface area contributed by atoms with E-state index in [9.17, 15) is 18.0 Å². The SMILES string of the molecule is COc1ccc(CCNC(N)=NCC(=O)N(C)CC(F)(F)F)cc1OC.I. The number of aliphatic imine (C=N–C) groups is 1. The van der Waals surface area contributed by atoms with Crippen molar-refractivity contribution in [3.05, 3.63) is 23.8 Å². The molecular weight excluding hydrogens is 480 g/mol. The van der Waals surface area contributed by atoms with Crippen molar-refractivity contribution in [1.29, 1.82) is 0 Å². The molecule has 0 aromatic heterocycles. The van der Waals surface area contributed by atoms with Gasteiger partial charge in [0.1, 0.15) is 13.1 Å². The van der Waals surface area contributed by atoms with Crippen molar-refractivity contribution in [3.63, 3.8) is 0 Å². The highest BCUT2D eigenvalue weighted by Crippen LogP contribution is 2.27. The Morgan fingerprint density at radius 2 is 1.89 bits per heavy atom. The number of carbonyl (C=O) groups excluding carboxylic acids is 1. The van der Waals surface area contributed by atoms with Gasteiger partial charge in [-0.25, -0.2) is 4.99 Å². The fraction of sp³-hybridized carbons (Fsp3) is 0.500. The molecule has 154 valence electrons. The summed E-state index contributed by atoms with van der Waals surface area (Å²) in [6.45, 7) is -1.35. The van der Waals surface area contributed by atoms with Crippen LogP contribution in [0, 0.1) is 0 Å². The number of halogens is 4. The Balaban J connectivity index is 0.00000676. The number of rotatable bonds is 8. The van der Waals surface area contributed by atoms with Gasteiger partial charge in [0, 0.05) is 13.6 Å². The van der Waals surface area contributed by atoms with Crippen LogP contribution in [-0.2, 0) is 11.2 Å². The summed E-state index contributed by atoms with van der Waals surface area (Å²) in [5, 5.41) is 2.80. The lowest BCUT2D eigenvalue weighted by Crippen LogP contribution is -2.38. The van der Waals surface area contributed by atoms with Crippen LogP contribution in [0.2, 0.25) is 0 Å². The molecule has 3 N–H and O–H groups in total. The second-order valence-corrected chi connectivity index (χ2v) is 5.43. The number of methoxy groups -OCH3 is 2. The topological polar surface area (TPSA) is 89.2 Å². The number of hydrogen-bond acceptors (Lipinski definition) is 4. The maximum Gasteiger partial charge on any atom is 0.406 e. The predicted molar refractivity (Wildman–Crippen MR) is 107 cm³/mol. The summed E-state index contributed by atoms with van der Waals surface area (Å²) in [5.41, 5.74) is 6.58. The summed E-state index contributed by atoms with van der Waals surface area (Å²) in [7, 11) is 4.15. The molecule has 0 aliphatic carbocycles. The van der Waals surface area contributed by atoms with Gasteiger partial charge in [-0.1, -0.05) is 6.07 Å². The molecular formula is C16H24F3IN4O3. The van der Waals surface area contributed by atoms with Crippen LogP contribution in [0.15, 0.2) is 23.2 Å². The van der Waals surface area contributed by atoms with Crippen molar-refractivity contribution in [2.45, 2.75) is 12.6 Å². The molecule has 7 nitrogen and oxygen atoms in total. The predicted octanol–water partition coefficient (Wildman–Crippen LogP) is 1.79. The second kappa shape index (κ2) is 11.7. The molecule has 0 aliphatic heterocycles. The van der Waals surface area contributed by atoms with E-state index >= 15 is 0 Å². The summed E-state index contributed by atoms with van der Waals surface area (Å²) >= 11 is 0. The van der Waals surface area contributed by atoms with Crippen molar-refractivity contribution in [1.82, 2.24) is 10.2 Å².